The molecule has 2 aliphatic rings. The average Bonchev–Trinajstić information content (AvgIpc) is 2.97. The highest BCUT2D eigenvalue weighted by molar-refractivity contribution is 5.91. The molecule has 7 heteroatoms. The van der Waals surface area contributed by atoms with Crippen molar-refractivity contribution in [3.63, 3.8) is 0 Å². The SMILES string of the molecule is O=C(CCc1ccccc1)Nc1ccc(N2CCC(NCC3CCCN(c4ncccn4)C3)CC2)cc1. The first-order chi connectivity index (χ1) is 18.2. The standard InChI is InChI=1S/C30H38N6O/c37-29(14-9-24-6-2-1-3-7-24)34-27-10-12-28(13-11-27)35-20-15-26(16-21-35)33-22-25-8-4-19-36(23-25)30-31-17-5-18-32-30/h1-3,5-7,10-13,17-18,25-26,33H,4,8-9,14-16,19-23H2,(H,34,37). The Hall–Kier alpha value is -3.45. The first-order valence-electron chi connectivity index (χ1n) is 13.7. The van der Waals surface area contributed by atoms with Gasteiger partial charge < -0.3 is 20.4 Å². The molecule has 3 heterocycles. The van der Waals surface area contributed by atoms with Gasteiger partial charge >= 0.3 is 0 Å². The number of hydrogen-bond acceptors (Lipinski definition) is 6. The van der Waals surface area contributed by atoms with Crippen molar-refractivity contribution in [3.05, 3.63) is 78.6 Å². The maximum absolute atomic E-state index is 12.3. The van der Waals surface area contributed by atoms with E-state index in [4.69, 9.17) is 0 Å². The lowest BCUT2D eigenvalue weighted by atomic mass is 9.96. The van der Waals surface area contributed by atoms with E-state index in [2.05, 4.69) is 54.7 Å². The van der Waals surface area contributed by atoms with E-state index in [0.29, 0.717) is 18.4 Å². The summed E-state index contributed by atoms with van der Waals surface area (Å²) >= 11 is 0. The molecule has 2 saturated heterocycles. The predicted molar refractivity (Wildman–Crippen MR) is 150 cm³/mol. The molecule has 0 bridgehead atoms. The monoisotopic (exact) mass is 498 g/mol. The topological polar surface area (TPSA) is 73.4 Å². The Kier molecular flexibility index (Phi) is 8.64. The molecule has 0 spiro atoms. The van der Waals surface area contributed by atoms with Crippen LogP contribution in [0.3, 0.4) is 0 Å². The third kappa shape index (κ3) is 7.29. The summed E-state index contributed by atoms with van der Waals surface area (Å²) < 4.78 is 0. The van der Waals surface area contributed by atoms with Gasteiger partial charge in [-0.25, -0.2) is 9.97 Å². The molecule has 2 fully saturated rings. The Morgan fingerprint density at radius 3 is 2.38 bits per heavy atom. The maximum Gasteiger partial charge on any atom is 0.225 e. The number of benzene rings is 2. The van der Waals surface area contributed by atoms with Crippen molar-refractivity contribution in [2.75, 3.05) is 47.8 Å². The average molecular weight is 499 g/mol. The van der Waals surface area contributed by atoms with Crippen molar-refractivity contribution in [3.8, 4) is 0 Å². The predicted octanol–water partition coefficient (Wildman–Crippen LogP) is 4.52. The molecular weight excluding hydrogens is 460 g/mol. The van der Waals surface area contributed by atoms with E-state index in [1.807, 2.05) is 48.8 Å². The first-order valence-corrected chi connectivity index (χ1v) is 13.7. The van der Waals surface area contributed by atoms with Gasteiger partial charge in [0.2, 0.25) is 11.9 Å². The van der Waals surface area contributed by atoms with Crippen LogP contribution in [-0.4, -0.2) is 54.6 Å². The molecule has 0 saturated carbocycles. The van der Waals surface area contributed by atoms with Crippen LogP contribution < -0.4 is 20.4 Å². The Morgan fingerprint density at radius 2 is 1.62 bits per heavy atom. The van der Waals surface area contributed by atoms with Crippen LogP contribution >= 0.6 is 0 Å². The molecule has 2 N–H and O–H groups in total. The minimum absolute atomic E-state index is 0.0564. The molecule has 0 radical (unpaired) electrons. The molecule has 37 heavy (non-hydrogen) atoms. The van der Waals surface area contributed by atoms with Gasteiger partial charge in [-0.3, -0.25) is 4.79 Å². The molecule has 1 aromatic heterocycles. The number of rotatable bonds is 9. The second-order valence-electron chi connectivity index (χ2n) is 10.3. The molecule has 194 valence electrons. The van der Waals surface area contributed by atoms with Crippen LogP contribution in [0, 0.1) is 5.92 Å². The Bertz CT molecular complexity index is 1100. The second-order valence-corrected chi connectivity index (χ2v) is 10.3. The smallest absolute Gasteiger partial charge is 0.225 e. The summed E-state index contributed by atoms with van der Waals surface area (Å²) in [5, 5.41) is 6.88. The fraction of sp³-hybridized carbons (Fsp3) is 0.433. The van der Waals surface area contributed by atoms with Gasteiger partial charge in [0, 0.05) is 62.4 Å². The highest BCUT2D eigenvalue weighted by Gasteiger charge is 2.24. The van der Waals surface area contributed by atoms with E-state index in [0.717, 1.165) is 63.6 Å². The zero-order valence-electron chi connectivity index (χ0n) is 21.6. The number of carbonyl (C=O) groups is 1. The fourth-order valence-electron chi connectivity index (χ4n) is 5.42. The second kappa shape index (κ2) is 12.7. The van der Waals surface area contributed by atoms with Crippen LogP contribution in [0.2, 0.25) is 0 Å². The van der Waals surface area contributed by atoms with E-state index in [-0.39, 0.29) is 5.91 Å². The van der Waals surface area contributed by atoms with Crippen LogP contribution in [0.15, 0.2) is 73.1 Å². The van der Waals surface area contributed by atoms with Gasteiger partial charge in [0.25, 0.3) is 0 Å². The van der Waals surface area contributed by atoms with Gasteiger partial charge in [-0.2, -0.15) is 0 Å². The maximum atomic E-state index is 12.3. The Labute approximate surface area is 220 Å². The number of hydrogen-bond donors (Lipinski definition) is 2. The van der Waals surface area contributed by atoms with Crippen LogP contribution in [0.1, 0.15) is 37.7 Å². The van der Waals surface area contributed by atoms with Crippen LogP contribution in [0.5, 0.6) is 0 Å². The van der Waals surface area contributed by atoms with Crippen molar-refractivity contribution in [1.82, 2.24) is 15.3 Å². The third-order valence-corrected chi connectivity index (χ3v) is 7.54. The molecular formula is C30H38N6O. The van der Waals surface area contributed by atoms with Gasteiger partial charge in [0.15, 0.2) is 0 Å². The van der Waals surface area contributed by atoms with Gasteiger partial charge in [0.05, 0.1) is 0 Å². The quantitative estimate of drug-likeness (QED) is 0.452. The number of nitrogens with zero attached hydrogens (tertiary/aromatic N) is 4. The van der Waals surface area contributed by atoms with E-state index < -0.39 is 0 Å². The molecule has 1 unspecified atom stereocenters. The number of aryl methyl sites for hydroxylation is 1. The van der Waals surface area contributed by atoms with Gasteiger partial charge in [0.1, 0.15) is 0 Å². The summed E-state index contributed by atoms with van der Waals surface area (Å²) in [5.74, 6) is 1.56. The van der Waals surface area contributed by atoms with Gasteiger partial charge in [-0.05, 0) is 80.5 Å². The zero-order valence-corrected chi connectivity index (χ0v) is 21.6. The summed E-state index contributed by atoms with van der Waals surface area (Å²) in [4.78, 5) is 26.0. The third-order valence-electron chi connectivity index (χ3n) is 7.54. The van der Waals surface area contributed by atoms with E-state index in [1.54, 1.807) is 0 Å². The summed E-state index contributed by atoms with van der Waals surface area (Å²) in [7, 11) is 0. The molecule has 1 amide bonds. The molecule has 2 aliphatic heterocycles. The Balaban J connectivity index is 1.02. The number of piperidine rings is 2. The summed E-state index contributed by atoms with van der Waals surface area (Å²) in [6, 6.07) is 20.9. The highest BCUT2D eigenvalue weighted by atomic mass is 16.1. The molecule has 3 aromatic rings. The lowest BCUT2D eigenvalue weighted by molar-refractivity contribution is -0.116. The van der Waals surface area contributed by atoms with E-state index in [1.165, 1.54) is 24.1 Å². The minimum atomic E-state index is 0.0564. The molecule has 5 rings (SSSR count). The highest BCUT2D eigenvalue weighted by Crippen LogP contribution is 2.24. The molecule has 2 aromatic carbocycles. The number of aromatic nitrogens is 2. The molecule has 0 aliphatic carbocycles. The van der Waals surface area contributed by atoms with Crippen LogP contribution in [0.25, 0.3) is 0 Å². The van der Waals surface area contributed by atoms with Crippen LogP contribution in [0.4, 0.5) is 17.3 Å². The number of amides is 1. The summed E-state index contributed by atoms with van der Waals surface area (Å²) in [6.07, 6.45) is 9.67. The largest absolute Gasteiger partial charge is 0.371 e. The summed E-state index contributed by atoms with van der Waals surface area (Å²) in [5.41, 5.74) is 3.28. The van der Waals surface area contributed by atoms with Crippen molar-refractivity contribution in [1.29, 1.82) is 0 Å². The van der Waals surface area contributed by atoms with Crippen molar-refractivity contribution < 1.29 is 4.79 Å². The van der Waals surface area contributed by atoms with Crippen molar-refractivity contribution >= 4 is 23.2 Å². The fourth-order valence-corrected chi connectivity index (χ4v) is 5.42. The zero-order chi connectivity index (χ0) is 25.3. The lowest BCUT2D eigenvalue weighted by Crippen LogP contribution is -2.46. The van der Waals surface area contributed by atoms with Gasteiger partial charge in [-0.1, -0.05) is 30.3 Å². The van der Waals surface area contributed by atoms with Crippen LogP contribution in [-0.2, 0) is 11.2 Å². The van der Waals surface area contributed by atoms with Crippen molar-refractivity contribution in [2.24, 2.45) is 5.92 Å². The summed E-state index contributed by atoms with van der Waals surface area (Å²) in [6.45, 7) is 5.25. The molecule has 1 atom stereocenters. The first kappa shape index (κ1) is 25.2. The van der Waals surface area contributed by atoms with E-state index >= 15 is 0 Å². The van der Waals surface area contributed by atoms with Gasteiger partial charge in [-0.15, -0.1) is 0 Å². The normalized spacial score (nSPS) is 18.5. The minimum Gasteiger partial charge on any atom is -0.371 e. The van der Waals surface area contributed by atoms with Crippen molar-refractivity contribution in [2.45, 2.75) is 44.6 Å². The lowest BCUT2D eigenvalue weighted by Gasteiger charge is -2.36. The number of carbonyl (C=O) groups excluding carboxylic acids is 1. The Morgan fingerprint density at radius 1 is 0.865 bits per heavy atom. The molecule has 7 nitrogen and oxygen atoms in total. The van der Waals surface area contributed by atoms with E-state index in [9.17, 15) is 4.79 Å². The number of nitrogens with one attached hydrogen (secondary N) is 2. The number of anilines is 3.